The van der Waals surface area contributed by atoms with Crippen LogP contribution in [-0.4, -0.2) is 12.2 Å². The van der Waals surface area contributed by atoms with Crippen LogP contribution in [0.5, 0.6) is 0 Å². The Balaban J connectivity index is 0. The van der Waals surface area contributed by atoms with E-state index in [0.717, 1.165) is 11.4 Å². The molecule has 0 unspecified atom stereocenters. The first kappa shape index (κ1) is 23.3. The first-order chi connectivity index (χ1) is 9.81. The molecule has 2 N–H and O–H groups in total. The summed E-state index contributed by atoms with van der Waals surface area (Å²) in [6.07, 6.45) is 0. The first-order valence-corrected chi connectivity index (χ1v) is 7.10. The Morgan fingerprint density at radius 1 is 0.864 bits per heavy atom. The van der Waals surface area contributed by atoms with Crippen molar-refractivity contribution in [3.05, 3.63) is 68.1 Å². The molecule has 117 valence electrons. The molecule has 22 heavy (non-hydrogen) atoms. The Labute approximate surface area is 165 Å². The second kappa shape index (κ2) is 13.7. The van der Waals surface area contributed by atoms with Crippen LogP contribution < -0.4 is 15.8 Å². The van der Waals surface area contributed by atoms with Gasteiger partial charge in [-0.15, -0.1) is 0 Å². The molecule has 2 aromatic rings. The molecule has 0 aliphatic rings. The topological polar surface area (TPSA) is 27.3 Å². The molecule has 2 aromatic carbocycles. The molecular formula is C17H24N3SY-. The van der Waals surface area contributed by atoms with Crippen molar-refractivity contribution in [1.82, 2.24) is 10.7 Å². The van der Waals surface area contributed by atoms with Crippen molar-refractivity contribution in [2.75, 3.05) is 12.1 Å². The number of thiocarbonyl (C=S) groups is 1. The van der Waals surface area contributed by atoms with Gasteiger partial charge in [0, 0.05) is 39.8 Å². The predicted octanol–water partition coefficient (Wildman–Crippen LogP) is 4.31. The zero-order valence-corrected chi connectivity index (χ0v) is 17.4. The summed E-state index contributed by atoms with van der Waals surface area (Å²) in [7, 11) is 1.80. The van der Waals surface area contributed by atoms with Crippen LogP contribution >= 0.6 is 12.2 Å². The number of anilines is 2. The number of benzene rings is 2. The van der Waals surface area contributed by atoms with Gasteiger partial charge in [0.15, 0.2) is 5.11 Å². The molecule has 0 saturated heterocycles. The molecule has 2 rings (SSSR count). The molecule has 0 bridgehead atoms. The Kier molecular flexibility index (Phi) is 14.5. The average molecular weight is 391 g/mol. The smallest absolute Gasteiger partial charge is 0.185 e. The van der Waals surface area contributed by atoms with Crippen LogP contribution in [0.15, 0.2) is 60.7 Å². The largest absolute Gasteiger partial charge is 0.364 e. The van der Waals surface area contributed by atoms with Crippen LogP contribution in [0.2, 0.25) is 0 Å². The second-order valence-electron chi connectivity index (χ2n) is 3.70. The van der Waals surface area contributed by atoms with Crippen LogP contribution in [0.25, 0.3) is 0 Å². The van der Waals surface area contributed by atoms with Gasteiger partial charge in [-0.3, -0.25) is 10.4 Å². The summed E-state index contributed by atoms with van der Waals surface area (Å²) < 4.78 is 0. The standard InChI is InChI=1S/C14H15N3S.C2H6.CH3.Y/c1-15-14(18)16-17(12-8-4-2-5-9-12)13-10-6-3-7-11-13;1-2;;/h2-11H,1H3,(H2,15,16,18);1-2H3;1H3;/q;;-1;. The van der Waals surface area contributed by atoms with Gasteiger partial charge in [0.25, 0.3) is 0 Å². The average Bonchev–Trinajstić information content (AvgIpc) is 2.56. The SMILES string of the molecule is CC.CNC(=S)NN(c1ccccc1)c1ccccc1.[CH3-].[Y]. The van der Waals surface area contributed by atoms with Crippen LogP contribution in [0, 0.1) is 7.43 Å². The molecule has 0 heterocycles. The Bertz CT molecular complexity index is 466. The Morgan fingerprint density at radius 2 is 1.23 bits per heavy atom. The molecule has 0 aliphatic heterocycles. The van der Waals surface area contributed by atoms with E-state index in [9.17, 15) is 0 Å². The fourth-order valence-electron chi connectivity index (χ4n) is 1.59. The van der Waals surface area contributed by atoms with Crippen LogP contribution in [0.3, 0.4) is 0 Å². The number of hydrazine groups is 1. The van der Waals surface area contributed by atoms with Crippen molar-refractivity contribution in [3.63, 3.8) is 0 Å². The quantitative estimate of drug-likeness (QED) is 0.463. The zero-order chi connectivity index (χ0) is 14.8. The van der Waals surface area contributed by atoms with Crippen molar-refractivity contribution in [1.29, 1.82) is 0 Å². The number of hydrogen-bond acceptors (Lipinski definition) is 2. The third-order valence-corrected chi connectivity index (χ3v) is 2.76. The molecule has 0 amide bonds. The Morgan fingerprint density at radius 3 is 1.55 bits per heavy atom. The van der Waals surface area contributed by atoms with Gasteiger partial charge in [0.05, 0.1) is 11.4 Å². The van der Waals surface area contributed by atoms with E-state index in [0.29, 0.717) is 5.11 Å². The minimum atomic E-state index is 0. The van der Waals surface area contributed by atoms with Crippen LogP contribution in [-0.2, 0) is 32.7 Å². The van der Waals surface area contributed by atoms with Crippen LogP contribution in [0.1, 0.15) is 13.8 Å². The molecule has 1 radical (unpaired) electrons. The molecule has 0 saturated carbocycles. The third-order valence-electron chi connectivity index (χ3n) is 2.47. The molecule has 0 spiro atoms. The number of hydrogen-bond donors (Lipinski definition) is 2. The van der Waals surface area contributed by atoms with Gasteiger partial charge >= 0.3 is 0 Å². The van der Waals surface area contributed by atoms with Crippen molar-refractivity contribution in [2.45, 2.75) is 13.8 Å². The third kappa shape index (κ3) is 7.34. The number of rotatable bonds is 3. The fraction of sp³-hybridized carbons (Fsp3) is 0.176. The molecule has 0 atom stereocenters. The Hall–Kier alpha value is -0.966. The minimum Gasteiger partial charge on any atom is -0.364 e. The van der Waals surface area contributed by atoms with Crippen molar-refractivity contribution in [2.24, 2.45) is 0 Å². The molecule has 0 aromatic heterocycles. The number of para-hydroxylation sites is 2. The minimum absolute atomic E-state index is 0. The normalized spacial score (nSPS) is 8.14. The van der Waals surface area contributed by atoms with Crippen molar-refractivity contribution < 1.29 is 32.7 Å². The molecular weight excluding hydrogens is 367 g/mol. The van der Waals surface area contributed by atoms with Gasteiger partial charge in [-0.2, -0.15) is 0 Å². The zero-order valence-electron chi connectivity index (χ0n) is 13.7. The van der Waals surface area contributed by atoms with Gasteiger partial charge < -0.3 is 12.7 Å². The van der Waals surface area contributed by atoms with Crippen LogP contribution in [0.4, 0.5) is 11.4 Å². The molecule has 3 nitrogen and oxygen atoms in total. The maximum atomic E-state index is 5.17. The number of nitrogens with zero attached hydrogens (tertiary/aromatic N) is 1. The van der Waals surface area contributed by atoms with Gasteiger partial charge in [0.2, 0.25) is 0 Å². The van der Waals surface area contributed by atoms with Gasteiger partial charge in [-0.1, -0.05) is 50.2 Å². The van der Waals surface area contributed by atoms with Gasteiger partial charge in [-0.05, 0) is 36.5 Å². The summed E-state index contributed by atoms with van der Waals surface area (Å²) in [5.74, 6) is 0. The number of nitrogens with one attached hydrogen (secondary N) is 2. The summed E-state index contributed by atoms with van der Waals surface area (Å²) in [6, 6.07) is 20.1. The maximum Gasteiger partial charge on any atom is 0.185 e. The van der Waals surface area contributed by atoms with Gasteiger partial charge in [-0.25, -0.2) is 0 Å². The maximum absolute atomic E-state index is 5.17. The van der Waals surface area contributed by atoms with E-state index in [1.165, 1.54) is 0 Å². The van der Waals surface area contributed by atoms with Crippen molar-refractivity contribution >= 4 is 28.7 Å². The summed E-state index contributed by atoms with van der Waals surface area (Å²) in [5, 5.41) is 5.43. The molecule has 5 heteroatoms. The van der Waals surface area contributed by atoms with E-state index in [-0.39, 0.29) is 40.1 Å². The first-order valence-electron chi connectivity index (χ1n) is 6.70. The van der Waals surface area contributed by atoms with Crippen molar-refractivity contribution in [3.8, 4) is 0 Å². The molecule has 0 aliphatic carbocycles. The summed E-state index contributed by atoms with van der Waals surface area (Å²) >= 11 is 5.17. The monoisotopic (exact) mass is 391 g/mol. The predicted molar refractivity (Wildman–Crippen MR) is 97.6 cm³/mol. The van der Waals surface area contributed by atoms with E-state index in [1.807, 2.05) is 79.5 Å². The van der Waals surface area contributed by atoms with E-state index in [1.54, 1.807) is 7.05 Å². The van der Waals surface area contributed by atoms with E-state index >= 15 is 0 Å². The van der Waals surface area contributed by atoms with E-state index < -0.39 is 0 Å². The molecule has 0 fully saturated rings. The van der Waals surface area contributed by atoms with E-state index in [2.05, 4.69) is 10.7 Å². The fourth-order valence-corrected chi connectivity index (χ4v) is 1.68. The van der Waals surface area contributed by atoms with Gasteiger partial charge in [0.1, 0.15) is 0 Å². The summed E-state index contributed by atoms with van der Waals surface area (Å²) in [5.41, 5.74) is 5.21. The second-order valence-corrected chi connectivity index (χ2v) is 4.11. The summed E-state index contributed by atoms with van der Waals surface area (Å²) in [6.45, 7) is 4.00. The van der Waals surface area contributed by atoms with E-state index in [4.69, 9.17) is 12.2 Å². The summed E-state index contributed by atoms with van der Waals surface area (Å²) in [4.78, 5) is 0.